The van der Waals surface area contributed by atoms with Crippen molar-refractivity contribution in [1.82, 2.24) is 9.72 Å². The van der Waals surface area contributed by atoms with Crippen LogP contribution in [0.25, 0.3) is 15.7 Å². The molecule has 4 heterocycles. The van der Waals surface area contributed by atoms with E-state index in [4.69, 9.17) is 4.74 Å². The van der Waals surface area contributed by atoms with E-state index in [1.807, 2.05) is 4.90 Å². The molecule has 0 atom stereocenters. The number of anilines is 1. The number of aromatic nitrogens is 1. The standard InChI is InChI=1S/C17H14FN3O4S.ClH/c18-10-5-8-13-9(14(10)20-3-1-19-2-4-20)6-25-11-7-26-16(21(11)13)12(15(8)22)17(23)24;/h5,7,19H,1-4,6H2,(H,23,24);1H. The van der Waals surface area contributed by atoms with Crippen molar-refractivity contribution in [2.24, 2.45) is 0 Å². The fraction of sp³-hybridized carbons (Fsp3) is 0.294. The quantitative estimate of drug-likeness (QED) is 0.671. The molecule has 1 aromatic carbocycles. The average molecular weight is 412 g/mol. The molecule has 0 radical (unpaired) electrons. The molecule has 2 aliphatic heterocycles. The number of carboxylic acids is 1. The van der Waals surface area contributed by atoms with Crippen molar-refractivity contribution in [3.63, 3.8) is 0 Å². The Morgan fingerprint density at radius 1 is 1.33 bits per heavy atom. The molecule has 0 unspecified atom stereocenters. The van der Waals surface area contributed by atoms with Crippen LogP contribution in [-0.2, 0) is 6.61 Å². The van der Waals surface area contributed by atoms with E-state index in [1.165, 1.54) is 6.07 Å². The monoisotopic (exact) mass is 411 g/mol. The highest BCUT2D eigenvalue weighted by Gasteiger charge is 2.30. The number of hydrogen-bond acceptors (Lipinski definition) is 6. The molecule has 7 nitrogen and oxygen atoms in total. The van der Waals surface area contributed by atoms with Gasteiger partial charge in [-0.05, 0) is 6.07 Å². The number of halogens is 2. The van der Waals surface area contributed by atoms with Crippen molar-refractivity contribution >= 4 is 51.1 Å². The minimum atomic E-state index is -1.32. The van der Waals surface area contributed by atoms with E-state index in [1.54, 1.807) is 9.78 Å². The largest absolute Gasteiger partial charge is 0.477 e. The fourth-order valence-electron chi connectivity index (χ4n) is 3.84. The number of carboxylic acid groups (broad SMARTS) is 1. The van der Waals surface area contributed by atoms with E-state index >= 15 is 4.39 Å². The zero-order chi connectivity index (χ0) is 18.0. The fourth-order valence-corrected chi connectivity index (χ4v) is 4.81. The van der Waals surface area contributed by atoms with E-state index in [-0.39, 0.29) is 30.0 Å². The van der Waals surface area contributed by atoms with Gasteiger partial charge in [0.25, 0.3) is 0 Å². The van der Waals surface area contributed by atoms with Crippen molar-refractivity contribution in [2.75, 3.05) is 31.1 Å². The third-order valence-electron chi connectivity index (χ3n) is 4.94. The highest BCUT2D eigenvalue weighted by Crippen LogP contribution is 2.39. The second-order valence-corrected chi connectivity index (χ2v) is 7.19. The van der Waals surface area contributed by atoms with Crippen LogP contribution >= 0.6 is 23.7 Å². The molecule has 1 fully saturated rings. The van der Waals surface area contributed by atoms with E-state index in [2.05, 4.69) is 5.32 Å². The van der Waals surface area contributed by atoms with E-state index < -0.39 is 17.2 Å². The molecule has 2 aromatic heterocycles. The second kappa shape index (κ2) is 6.36. The first kappa shape index (κ1) is 18.0. The van der Waals surface area contributed by atoms with Crippen molar-refractivity contribution in [3.8, 4) is 5.88 Å². The van der Waals surface area contributed by atoms with E-state index in [0.717, 1.165) is 24.4 Å². The molecule has 0 amide bonds. The summed E-state index contributed by atoms with van der Waals surface area (Å²) in [5.41, 5.74) is 0.575. The number of carbonyl (C=O) groups is 1. The van der Waals surface area contributed by atoms with Gasteiger partial charge in [-0.25, -0.2) is 9.18 Å². The number of thiazole rings is 1. The second-order valence-electron chi connectivity index (χ2n) is 6.33. The number of pyridine rings is 1. The van der Waals surface area contributed by atoms with Crippen LogP contribution in [0.5, 0.6) is 5.88 Å². The van der Waals surface area contributed by atoms with Gasteiger partial charge in [-0.2, -0.15) is 0 Å². The maximum atomic E-state index is 15.0. The zero-order valence-corrected chi connectivity index (χ0v) is 15.6. The lowest BCUT2D eigenvalue weighted by atomic mass is 10.0. The molecule has 2 N–H and O–H groups in total. The van der Waals surface area contributed by atoms with Gasteiger partial charge in [0, 0.05) is 31.7 Å². The molecule has 3 aromatic rings. The highest BCUT2D eigenvalue weighted by molar-refractivity contribution is 7.16. The molecule has 0 spiro atoms. The topological polar surface area (TPSA) is 83.3 Å². The van der Waals surface area contributed by atoms with E-state index in [0.29, 0.717) is 40.6 Å². The summed E-state index contributed by atoms with van der Waals surface area (Å²) in [4.78, 5) is 26.7. The zero-order valence-electron chi connectivity index (χ0n) is 14.0. The molecule has 0 bridgehead atoms. The number of hydrogen-bond donors (Lipinski definition) is 2. The number of rotatable bonds is 2. The minimum absolute atomic E-state index is 0. The molecule has 10 heteroatoms. The predicted octanol–water partition coefficient (Wildman–Crippen LogP) is 2.08. The van der Waals surface area contributed by atoms with Crippen LogP contribution in [-0.4, -0.2) is 41.7 Å². The molecule has 0 saturated carbocycles. The van der Waals surface area contributed by atoms with Gasteiger partial charge in [-0.3, -0.25) is 9.20 Å². The first-order chi connectivity index (χ1) is 12.6. The van der Waals surface area contributed by atoms with Crippen molar-refractivity contribution < 1.29 is 19.0 Å². The summed E-state index contributed by atoms with van der Waals surface area (Å²) in [6.07, 6.45) is 0. The average Bonchev–Trinajstić information content (AvgIpc) is 3.05. The Hall–Kier alpha value is -2.36. The maximum absolute atomic E-state index is 15.0. The first-order valence-corrected chi connectivity index (χ1v) is 9.09. The number of benzene rings is 1. The van der Waals surface area contributed by atoms with Gasteiger partial charge in [0.1, 0.15) is 22.8 Å². The summed E-state index contributed by atoms with van der Waals surface area (Å²) in [6.45, 7) is 2.93. The van der Waals surface area contributed by atoms with Gasteiger partial charge in [0.15, 0.2) is 0 Å². The van der Waals surface area contributed by atoms with Crippen LogP contribution < -0.4 is 20.4 Å². The molecule has 2 aliphatic rings. The molecular formula is C17H15ClFN3O4S. The van der Waals surface area contributed by atoms with Gasteiger partial charge in [0.05, 0.1) is 22.0 Å². The van der Waals surface area contributed by atoms with Crippen LogP contribution in [0.1, 0.15) is 15.9 Å². The van der Waals surface area contributed by atoms with Crippen molar-refractivity contribution in [1.29, 1.82) is 0 Å². The lowest BCUT2D eigenvalue weighted by Crippen LogP contribution is -2.44. The molecule has 5 rings (SSSR count). The molecule has 0 aliphatic carbocycles. The normalized spacial score (nSPS) is 15.8. The summed E-state index contributed by atoms with van der Waals surface area (Å²) in [5, 5.41) is 14.5. The van der Waals surface area contributed by atoms with Crippen molar-refractivity contribution in [2.45, 2.75) is 6.61 Å². The SMILES string of the molecule is Cl.O=C(O)c1c(=O)c2cc(F)c(N3CCNCC3)c3c2n2c(csc12)OC3. The Kier molecular flexibility index (Phi) is 4.25. The molecule has 142 valence electrons. The lowest BCUT2D eigenvalue weighted by Gasteiger charge is -2.33. The van der Waals surface area contributed by atoms with E-state index in [9.17, 15) is 14.7 Å². The van der Waals surface area contributed by atoms with Gasteiger partial charge in [0.2, 0.25) is 11.3 Å². The Morgan fingerprint density at radius 2 is 2.07 bits per heavy atom. The molecule has 1 saturated heterocycles. The van der Waals surface area contributed by atoms with Crippen LogP contribution in [0.2, 0.25) is 0 Å². The van der Waals surface area contributed by atoms with Crippen LogP contribution in [0.15, 0.2) is 16.2 Å². The molecule has 27 heavy (non-hydrogen) atoms. The number of aromatic carboxylic acids is 1. The molecular weight excluding hydrogens is 397 g/mol. The first-order valence-electron chi connectivity index (χ1n) is 8.21. The predicted molar refractivity (Wildman–Crippen MR) is 103 cm³/mol. The third-order valence-corrected chi connectivity index (χ3v) is 5.87. The minimum Gasteiger partial charge on any atom is -0.477 e. The Labute approximate surface area is 162 Å². The number of nitrogens with one attached hydrogen (secondary N) is 1. The van der Waals surface area contributed by atoms with Crippen LogP contribution in [0, 0.1) is 5.82 Å². The van der Waals surface area contributed by atoms with Gasteiger partial charge in [-0.1, -0.05) is 0 Å². The number of nitrogens with zero attached hydrogens (tertiary/aromatic N) is 2. The van der Waals surface area contributed by atoms with Gasteiger partial charge < -0.3 is 20.1 Å². The van der Waals surface area contributed by atoms with Gasteiger partial charge in [-0.15, -0.1) is 23.7 Å². The highest BCUT2D eigenvalue weighted by atomic mass is 35.5. The smallest absolute Gasteiger partial charge is 0.342 e. The van der Waals surface area contributed by atoms with Crippen LogP contribution in [0.4, 0.5) is 10.1 Å². The summed E-state index contributed by atoms with van der Waals surface area (Å²) < 4.78 is 22.4. The maximum Gasteiger partial charge on any atom is 0.342 e. The Balaban J connectivity index is 0.00000180. The lowest BCUT2D eigenvalue weighted by molar-refractivity contribution is 0.0697. The summed E-state index contributed by atoms with van der Waals surface area (Å²) >= 11 is 1.14. The van der Waals surface area contributed by atoms with Crippen molar-refractivity contribution in [3.05, 3.63) is 38.6 Å². The Bertz CT molecular complexity index is 1150. The number of piperazine rings is 1. The third kappa shape index (κ3) is 2.42. The Morgan fingerprint density at radius 3 is 2.78 bits per heavy atom. The summed E-state index contributed by atoms with van der Waals surface area (Å²) in [7, 11) is 0. The van der Waals surface area contributed by atoms with Crippen LogP contribution in [0.3, 0.4) is 0 Å². The number of ether oxygens (including phenoxy) is 1. The van der Waals surface area contributed by atoms with Gasteiger partial charge >= 0.3 is 5.97 Å². The summed E-state index contributed by atoms with van der Waals surface area (Å²) in [5.74, 6) is -1.37. The summed E-state index contributed by atoms with van der Waals surface area (Å²) in [6, 6.07) is 1.17.